The highest BCUT2D eigenvalue weighted by Crippen LogP contribution is 2.53. The van der Waals surface area contributed by atoms with Crippen LogP contribution < -0.4 is 0 Å². The van der Waals surface area contributed by atoms with Gasteiger partial charge in [0.15, 0.2) is 0 Å². The third kappa shape index (κ3) is 2.49. The Morgan fingerprint density at radius 3 is 2.87 bits per heavy atom. The molecule has 2 atom stereocenters. The Morgan fingerprint density at radius 2 is 2.20 bits per heavy atom. The van der Waals surface area contributed by atoms with E-state index in [2.05, 4.69) is 36.3 Å². The van der Waals surface area contributed by atoms with E-state index in [-0.39, 0.29) is 4.08 Å². The summed E-state index contributed by atoms with van der Waals surface area (Å²) >= 11 is 3.67. The molecule has 2 rings (SSSR count). The molecular weight excluding hydrogens is 226 g/mol. The molecule has 1 saturated heterocycles. The fourth-order valence-corrected chi connectivity index (χ4v) is 4.66. The van der Waals surface area contributed by atoms with Gasteiger partial charge in [0.2, 0.25) is 0 Å². The Labute approximate surface area is 98.1 Å². The number of nitrogens with zero attached hydrogens (tertiary/aromatic N) is 1. The molecule has 1 aliphatic heterocycles. The van der Waals surface area contributed by atoms with E-state index in [4.69, 9.17) is 5.21 Å². The fraction of sp³-hybridized carbons (Fsp3) is 0.364. The second kappa shape index (κ2) is 4.49. The molecule has 4 heteroatoms. The lowest BCUT2D eigenvalue weighted by Gasteiger charge is -2.15. The van der Waals surface area contributed by atoms with E-state index in [9.17, 15) is 0 Å². The smallest absolute Gasteiger partial charge is 0.0972 e. The topological polar surface area (TPSA) is 32.6 Å². The van der Waals surface area contributed by atoms with Gasteiger partial charge < -0.3 is 5.21 Å². The first-order chi connectivity index (χ1) is 7.23. The van der Waals surface area contributed by atoms with E-state index >= 15 is 0 Å². The second-order valence-corrected chi connectivity index (χ2v) is 6.97. The quantitative estimate of drug-likeness (QED) is 0.488. The number of oxime groups is 1. The van der Waals surface area contributed by atoms with Crippen molar-refractivity contribution < 1.29 is 5.21 Å². The van der Waals surface area contributed by atoms with Crippen LogP contribution in [0.5, 0.6) is 0 Å². The number of thioether (sulfide) groups is 2. The molecule has 1 fully saturated rings. The van der Waals surface area contributed by atoms with Gasteiger partial charge in [-0.2, -0.15) is 0 Å². The molecule has 0 aliphatic carbocycles. The highest BCUT2D eigenvalue weighted by atomic mass is 32.2. The maximum atomic E-state index is 8.59. The predicted octanol–water partition coefficient (Wildman–Crippen LogP) is 3.38. The van der Waals surface area contributed by atoms with E-state index < -0.39 is 0 Å². The van der Waals surface area contributed by atoms with Crippen molar-refractivity contribution >= 4 is 29.7 Å². The summed E-state index contributed by atoms with van der Waals surface area (Å²) in [7, 11) is 0. The minimum Gasteiger partial charge on any atom is -0.411 e. The average Bonchev–Trinajstić information content (AvgIpc) is 2.63. The first kappa shape index (κ1) is 10.9. The normalized spacial score (nSPS) is 31.1. The molecule has 0 radical (unpaired) electrons. The molecule has 2 unspecified atom stereocenters. The van der Waals surface area contributed by atoms with Crippen LogP contribution in [0.2, 0.25) is 0 Å². The van der Waals surface area contributed by atoms with Crippen molar-refractivity contribution in [3.8, 4) is 0 Å². The molecule has 1 N–H and O–H groups in total. The molecule has 1 aromatic rings. The van der Waals surface area contributed by atoms with E-state index in [1.54, 1.807) is 6.21 Å². The molecule has 0 spiro atoms. The van der Waals surface area contributed by atoms with E-state index in [1.807, 2.05) is 29.6 Å². The van der Waals surface area contributed by atoms with Gasteiger partial charge in [-0.25, -0.2) is 0 Å². The molecule has 1 aliphatic rings. The maximum Gasteiger partial charge on any atom is 0.0972 e. The molecule has 0 amide bonds. The van der Waals surface area contributed by atoms with E-state index in [1.165, 1.54) is 5.56 Å². The lowest BCUT2D eigenvalue weighted by Crippen LogP contribution is -2.12. The van der Waals surface area contributed by atoms with Gasteiger partial charge >= 0.3 is 0 Å². The summed E-state index contributed by atoms with van der Waals surface area (Å²) in [6, 6.07) is 10.5. The van der Waals surface area contributed by atoms with Gasteiger partial charge in [0.05, 0.1) is 10.3 Å². The van der Waals surface area contributed by atoms with Crippen LogP contribution in [0.25, 0.3) is 0 Å². The van der Waals surface area contributed by atoms with Gasteiger partial charge in [-0.05, 0) is 12.5 Å². The van der Waals surface area contributed by atoms with Gasteiger partial charge in [0, 0.05) is 11.0 Å². The number of benzene rings is 1. The molecule has 80 valence electrons. The van der Waals surface area contributed by atoms with Crippen LogP contribution in [0, 0.1) is 0 Å². The summed E-state index contributed by atoms with van der Waals surface area (Å²) in [6.45, 7) is 2.09. The summed E-state index contributed by atoms with van der Waals surface area (Å²) < 4.78 is -0.0880. The van der Waals surface area contributed by atoms with Crippen LogP contribution in [0.4, 0.5) is 0 Å². The van der Waals surface area contributed by atoms with Crippen molar-refractivity contribution in [1.29, 1.82) is 0 Å². The predicted molar refractivity (Wildman–Crippen MR) is 67.9 cm³/mol. The monoisotopic (exact) mass is 239 g/mol. The van der Waals surface area contributed by atoms with Crippen molar-refractivity contribution in [2.45, 2.75) is 16.3 Å². The molecule has 0 aromatic heterocycles. The van der Waals surface area contributed by atoms with Crippen molar-refractivity contribution in [2.75, 3.05) is 5.75 Å². The van der Waals surface area contributed by atoms with Gasteiger partial charge in [-0.3, -0.25) is 0 Å². The SMILES string of the molecule is CC1(C=NO)SCC(c2ccccc2)S1. The highest BCUT2D eigenvalue weighted by Gasteiger charge is 2.36. The fourth-order valence-electron chi connectivity index (χ4n) is 1.60. The van der Waals surface area contributed by atoms with Crippen LogP contribution in [0.3, 0.4) is 0 Å². The zero-order chi connectivity index (χ0) is 10.7. The molecule has 0 saturated carbocycles. The van der Waals surface area contributed by atoms with Gasteiger partial charge in [-0.15, -0.1) is 23.5 Å². The molecule has 2 nitrogen and oxygen atoms in total. The standard InChI is InChI=1S/C11H13NOS2/c1-11(8-12-13)14-7-10(15-11)9-5-3-2-4-6-9/h2-6,8,10,13H,7H2,1H3. The average molecular weight is 239 g/mol. The third-order valence-electron chi connectivity index (χ3n) is 2.36. The van der Waals surface area contributed by atoms with Crippen LogP contribution >= 0.6 is 23.5 Å². The Kier molecular flexibility index (Phi) is 3.26. The van der Waals surface area contributed by atoms with Gasteiger partial charge in [0.25, 0.3) is 0 Å². The Balaban J connectivity index is 2.11. The molecule has 1 heterocycles. The van der Waals surface area contributed by atoms with Crippen LogP contribution in [-0.2, 0) is 0 Å². The van der Waals surface area contributed by atoms with Gasteiger partial charge in [-0.1, -0.05) is 35.5 Å². The van der Waals surface area contributed by atoms with Crippen molar-refractivity contribution in [2.24, 2.45) is 5.16 Å². The zero-order valence-corrected chi connectivity index (χ0v) is 10.1. The molecular formula is C11H13NOS2. The molecule has 1 aromatic carbocycles. The van der Waals surface area contributed by atoms with E-state index in [0.717, 1.165) is 5.75 Å². The Morgan fingerprint density at radius 1 is 1.47 bits per heavy atom. The minimum absolute atomic E-state index is 0.0880. The minimum atomic E-state index is -0.0880. The number of hydrogen-bond acceptors (Lipinski definition) is 4. The Bertz CT molecular complexity index is 355. The van der Waals surface area contributed by atoms with Crippen LogP contribution in [0.15, 0.2) is 35.5 Å². The second-order valence-electron chi connectivity index (χ2n) is 3.59. The first-order valence-corrected chi connectivity index (χ1v) is 6.65. The first-order valence-electron chi connectivity index (χ1n) is 4.79. The Hall–Kier alpha value is -0.610. The highest BCUT2D eigenvalue weighted by molar-refractivity contribution is 8.22. The summed E-state index contributed by atoms with van der Waals surface area (Å²) in [5.41, 5.74) is 1.35. The lowest BCUT2D eigenvalue weighted by molar-refractivity contribution is 0.320. The molecule has 0 bridgehead atoms. The van der Waals surface area contributed by atoms with E-state index in [0.29, 0.717) is 5.25 Å². The van der Waals surface area contributed by atoms with Crippen molar-refractivity contribution in [1.82, 2.24) is 0 Å². The maximum absolute atomic E-state index is 8.59. The van der Waals surface area contributed by atoms with Gasteiger partial charge in [0.1, 0.15) is 0 Å². The summed E-state index contributed by atoms with van der Waals surface area (Å²) in [4.78, 5) is 0. The van der Waals surface area contributed by atoms with Crippen LogP contribution in [0.1, 0.15) is 17.7 Å². The third-order valence-corrected chi connectivity index (χ3v) is 5.69. The van der Waals surface area contributed by atoms with Crippen LogP contribution in [-0.4, -0.2) is 21.3 Å². The van der Waals surface area contributed by atoms with Crippen molar-refractivity contribution in [3.63, 3.8) is 0 Å². The summed E-state index contributed by atoms with van der Waals surface area (Å²) in [6.07, 6.45) is 1.62. The molecule has 15 heavy (non-hydrogen) atoms. The lowest BCUT2D eigenvalue weighted by atomic mass is 10.2. The summed E-state index contributed by atoms with van der Waals surface area (Å²) in [5.74, 6) is 1.07. The summed E-state index contributed by atoms with van der Waals surface area (Å²) in [5, 5.41) is 12.2. The number of rotatable bonds is 2. The number of hydrogen-bond donors (Lipinski definition) is 1. The zero-order valence-electron chi connectivity index (χ0n) is 8.46. The largest absolute Gasteiger partial charge is 0.411 e. The van der Waals surface area contributed by atoms with Crippen molar-refractivity contribution in [3.05, 3.63) is 35.9 Å².